The van der Waals surface area contributed by atoms with Gasteiger partial charge >= 0.3 is 0 Å². The van der Waals surface area contributed by atoms with Gasteiger partial charge in [0.05, 0.1) is 12.2 Å². The van der Waals surface area contributed by atoms with E-state index >= 15 is 0 Å². The van der Waals surface area contributed by atoms with Crippen LogP contribution in [0.4, 0.5) is 8.78 Å². The highest BCUT2D eigenvalue weighted by Crippen LogP contribution is 2.43. The van der Waals surface area contributed by atoms with Gasteiger partial charge in [0.1, 0.15) is 0 Å². The molecular formula is C26H24F2N2O2. The number of pyridine rings is 1. The number of aromatic nitrogens is 1. The number of ketones is 1. The van der Waals surface area contributed by atoms with E-state index in [1.54, 1.807) is 6.07 Å². The maximum absolute atomic E-state index is 13.5. The van der Waals surface area contributed by atoms with Gasteiger partial charge in [-0.15, -0.1) is 0 Å². The summed E-state index contributed by atoms with van der Waals surface area (Å²) < 4.78 is 32.9. The highest BCUT2D eigenvalue weighted by Gasteiger charge is 2.42. The van der Waals surface area contributed by atoms with Gasteiger partial charge < -0.3 is 4.74 Å². The van der Waals surface area contributed by atoms with Gasteiger partial charge in [-0.05, 0) is 60.7 Å². The molecule has 32 heavy (non-hydrogen) atoms. The first-order valence-corrected chi connectivity index (χ1v) is 10.8. The third-order valence-electron chi connectivity index (χ3n) is 6.69. The van der Waals surface area contributed by atoms with Crippen molar-refractivity contribution in [3.63, 3.8) is 0 Å². The topological polar surface area (TPSA) is 42.4 Å². The van der Waals surface area contributed by atoms with Crippen molar-refractivity contribution in [2.24, 2.45) is 0 Å². The van der Waals surface area contributed by atoms with E-state index in [4.69, 9.17) is 4.74 Å². The Hall–Kier alpha value is -2.96. The highest BCUT2D eigenvalue weighted by atomic mass is 19.2. The lowest BCUT2D eigenvalue weighted by molar-refractivity contribution is -0.0800. The molecule has 0 N–H and O–H groups in total. The van der Waals surface area contributed by atoms with Crippen molar-refractivity contribution < 1.29 is 18.3 Å². The van der Waals surface area contributed by atoms with Crippen molar-refractivity contribution in [1.29, 1.82) is 0 Å². The summed E-state index contributed by atoms with van der Waals surface area (Å²) in [6.45, 7) is 5.16. The van der Waals surface area contributed by atoms with Crippen LogP contribution in [0, 0.1) is 18.6 Å². The van der Waals surface area contributed by atoms with Crippen LogP contribution in [-0.4, -0.2) is 28.8 Å². The smallest absolute Gasteiger partial charge is 0.193 e. The SMILES string of the molecule is Cc1cc(CN2CCC3(CC2)OCc2ccncc23)ccc1C(=O)c1ccc(F)c(F)c1. The second kappa shape index (κ2) is 8.19. The van der Waals surface area contributed by atoms with Crippen molar-refractivity contribution in [2.45, 2.75) is 38.5 Å². The largest absolute Gasteiger partial charge is 0.365 e. The zero-order valence-corrected chi connectivity index (χ0v) is 17.9. The fourth-order valence-corrected chi connectivity index (χ4v) is 4.87. The number of carbonyl (C=O) groups excluding carboxylic acids is 1. The van der Waals surface area contributed by atoms with Crippen LogP contribution in [0.2, 0.25) is 0 Å². The van der Waals surface area contributed by atoms with Gasteiger partial charge in [-0.25, -0.2) is 8.78 Å². The Morgan fingerprint density at radius 1 is 1.09 bits per heavy atom. The highest BCUT2D eigenvalue weighted by molar-refractivity contribution is 6.09. The zero-order chi connectivity index (χ0) is 22.3. The standard InChI is InChI=1S/C26H24F2N2O2/c1-17-12-18(2-4-21(17)25(31)19-3-5-23(27)24(28)13-19)15-30-10-7-26(8-11-30)22-14-29-9-6-20(22)16-32-26/h2-6,9,12-14H,7-8,10-11,15-16H2,1H3. The summed E-state index contributed by atoms with van der Waals surface area (Å²) in [5.41, 5.74) is 4.85. The first-order valence-electron chi connectivity index (χ1n) is 10.8. The number of benzene rings is 2. The number of carbonyl (C=O) groups is 1. The second-order valence-electron chi connectivity index (χ2n) is 8.70. The minimum absolute atomic E-state index is 0.146. The molecule has 0 unspecified atom stereocenters. The Kier molecular flexibility index (Phi) is 5.35. The Bertz CT molecular complexity index is 1190. The number of piperidine rings is 1. The third kappa shape index (κ3) is 3.74. The van der Waals surface area contributed by atoms with Gasteiger partial charge in [-0.1, -0.05) is 18.2 Å². The van der Waals surface area contributed by atoms with E-state index in [9.17, 15) is 13.6 Å². The molecule has 1 saturated heterocycles. The van der Waals surface area contributed by atoms with Crippen molar-refractivity contribution in [3.05, 3.63) is 99.9 Å². The maximum Gasteiger partial charge on any atom is 0.193 e. The number of rotatable bonds is 4. The van der Waals surface area contributed by atoms with E-state index < -0.39 is 11.6 Å². The number of hydrogen-bond donors (Lipinski definition) is 0. The molecule has 1 aromatic heterocycles. The van der Waals surface area contributed by atoms with E-state index in [1.807, 2.05) is 37.5 Å². The average molecular weight is 434 g/mol. The summed E-state index contributed by atoms with van der Waals surface area (Å²) in [5.74, 6) is -2.28. The minimum Gasteiger partial charge on any atom is -0.365 e. The molecule has 0 amide bonds. The van der Waals surface area contributed by atoms with Crippen LogP contribution in [0.3, 0.4) is 0 Å². The lowest BCUT2D eigenvalue weighted by Crippen LogP contribution is -2.42. The molecular weight excluding hydrogens is 410 g/mol. The van der Waals surface area contributed by atoms with E-state index in [2.05, 4.69) is 9.88 Å². The first kappa shape index (κ1) is 20.9. The van der Waals surface area contributed by atoms with Gasteiger partial charge in [-0.3, -0.25) is 14.7 Å². The van der Waals surface area contributed by atoms with Crippen LogP contribution in [-0.2, 0) is 23.5 Å². The number of fused-ring (bicyclic) bond motifs is 2. The molecule has 6 heteroatoms. The molecule has 0 saturated carbocycles. The zero-order valence-electron chi connectivity index (χ0n) is 17.9. The molecule has 1 spiro atoms. The van der Waals surface area contributed by atoms with Crippen molar-refractivity contribution >= 4 is 5.78 Å². The number of nitrogens with zero attached hydrogens (tertiary/aromatic N) is 2. The van der Waals surface area contributed by atoms with Crippen LogP contribution < -0.4 is 0 Å². The van der Waals surface area contributed by atoms with Gasteiger partial charge in [0.2, 0.25) is 0 Å². The van der Waals surface area contributed by atoms with Crippen LogP contribution in [0.5, 0.6) is 0 Å². The predicted octanol–water partition coefficient (Wildman–Crippen LogP) is 4.92. The van der Waals surface area contributed by atoms with E-state index in [0.29, 0.717) is 12.2 Å². The lowest BCUT2D eigenvalue weighted by atomic mass is 9.84. The van der Waals surface area contributed by atoms with Crippen LogP contribution in [0.15, 0.2) is 54.9 Å². The number of likely N-dealkylation sites (tertiary alicyclic amines) is 1. The molecule has 164 valence electrons. The average Bonchev–Trinajstić information content (AvgIpc) is 3.15. The van der Waals surface area contributed by atoms with Gasteiger partial charge in [0, 0.05) is 48.7 Å². The van der Waals surface area contributed by atoms with Gasteiger partial charge in [0.25, 0.3) is 0 Å². The molecule has 0 bridgehead atoms. The summed E-state index contributed by atoms with van der Waals surface area (Å²) in [6, 6.07) is 11.0. The molecule has 3 heterocycles. The van der Waals surface area contributed by atoms with Crippen LogP contribution in [0.1, 0.15) is 51.0 Å². The fourth-order valence-electron chi connectivity index (χ4n) is 4.87. The Labute approximate surface area is 185 Å². The molecule has 3 aromatic rings. The quantitative estimate of drug-likeness (QED) is 0.547. The molecule has 2 aliphatic heterocycles. The summed E-state index contributed by atoms with van der Waals surface area (Å²) in [7, 11) is 0. The monoisotopic (exact) mass is 434 g/mol. The fraction of sp³-hybridized carbons (Fsp3) is 0.308. The van der Waals surface area contributed by atoms with E-state index in [0.717, 1.165) is 55.7 Å². The molecule has 4 nitrogen and oxygen atoms in total. The number of ether oxygens (including phenoxy) is 1. The van der Waals surface area contributed by atoms with Crippen LogP contribution >= 0.6 is 0 Å². The Balaban J connectivity index is 1.26. The first-order chi connectivity index (χ1) is 15.4. The summed E-state index contributed by atoms with van der Waals surface area (Å²) in [4.78, 5) is 19.5. The molecule has 0 atom stereocenters. The molecule has 1 fully saturated rings. The molecule has 2 aliphatic rings. The van der Waals surface area contributed by atoms with Crippen LogP contribution in [0.25, 0.3) is 0 Å². The number of halogens is 2. The van der Waals surface area contributed by atoms with Gasteiger partial charge in [0.15, 0.2) is 17.4 Å². The third-order valence-corrected chi connectivity index (χ3v) is 6.69. The van der Waals surface area contributed by atoms with E-state index in [1.165, 1.54) is 17.2 Å². The maximum atomic E-state index is 13.5. The molecule has 0 aliphatic carbocycles. The molecule has 5 rings (SSSR count). The van der Waals surface area contributed by atoms with Crippen molar-refractivity contribution in [3.8, 4) is 0 Å². The molecule has 0 radical (unpaired) electrons. The Morgan fingerprint density at radius 2 is 1.91 bits per heavy atom. The van der Waals surface area contributed by atoms with Gasteiger partial charge in [-0.2, -0.15) is 0 Å². The van der Waals surface area contributed by atoms with E-state index in [-0.39, 0.29) is 16.9 Å². The van der Waals surface area contributed by atoms with Crippen molar-refractivity contribution in [2.75, 3.05) is 13.1 Å². The molecule has 2 aromatic carbocycles. The minimum atomic E-state index is -1.02. The van der Waals surface area contributed by atoms with Crippen molar-refractivity contribution in [1.82, 2.24) is 9.88 Å². The second-order valence-corrected chi connectivity index (χ2v) is 8.70. The number of hydrogen-bond acceptors (Lipinski definition) is 4. The summed E-state index contributed by atoms with van der Waals surface area (Å²) >= 11 is 0. The predicted molar refractivity (Wildman–Crippen MR) is 116 cm³/mol. The summed E-state index contributed by atoms with van der Waals surface area (Å²) in [6.07, 6.45) is 5.62. The summed E-state index contributed by atoms with van der Waals surface area (Å²) in [5, 5.41) is 0. The lowest BCUT2D eigenvalue weighted by Gasteiger charge is -2.39. The number of aryl methyl sites for hydroxylation is 1. The normalized spacial score (nSPS) is 17.5. The Morgan fingerprint density at radius 3 is 2.66 bits per heavy atom.